The number of unbranched alkanes of at least 4 members (excludes halogenated alkanes) is 1. The molecule has 2 heteroatoms. The molecule has 0 radical (unpaired) electrons. The van der Waals surface area contributed by atoms with E-state index in [0.29, 0.717) is 5.57 Å². The van der Waals surface area contributed by atoms with Gasteiger partial charge < -0.3 is 5.11 Å². The summed E-state index contributed by atoms with van der Waals surface area (Å²) in [4.78, 5) is 10.1. The fourth-order valence-electron chi connectivity index (χ4n) is 1.04. The van der Waals surface area contributed by atoms with Crippen molar-refractivity contribution in [2.45, 2.75) is 26.7 Å². The summed E-state index contributed by atoms with van der Waals surface area (Å²) in [5.41, 5.74) is 1.62. The number of hydrogen-bond donors (Lipinski definition) is 1. The van der Waals surface area contributed by atoms with Gasteiger partial charge in [-0.15, -0.1) is 0 Å². The summed E-state index contributed by atoms with van der Waals surface area (Å²) in [6, 6.07) is 10.0. The molecule has 0 aliphatic rings. The zero-order valence-corrected chi connectivity index (χ0v) is 10.5. The number of rotatable bonds is 4. The van der Waals surface area contributed by atoms with Gasteiger partial charge in [0.25, 0.3) is 0 Å². The zero-order chi connectivity index (χ0) is 13.1. The van der Waals surface area contributed by atoms with E-state index in [-0.39, 0.29) is 0 Å². The molecular weight excluding hydrogens is 212 g/mol. The molecule has 92 valence electrons. The maximum absolute atomic E-state index is 10.1. The van der Waals surface area contributed by atoms with Gasteiger partial charge in [-0.1, -0.05) is 62.4 Å². The summed E-state index contributed by atoms with van der Waals surface area (Å²) in [6.07, 6.45) is 5.44. The fraction of sp³-hybridized carbons (Fsp3) is 0.267. The molecule has 0 saturated heterocycles. The summed E-state index contributed by atoms with van der Waals surface area (Å²) in [5, 5.41) is 8.34. The predicted octanol–water partition coefficient (Wildman–Crippen LogP) is 4.15. The normalized spacial score (nSPS) is 10.1. The number of carboxylic acid groups (broad SMARTS) is 1. The van der Waals surface area contributed by atoms with Crippen molar-refractivity contribution in [3.63, 3.8) is 0 Å². The topological polar surface area (TPSA) is 37.3 Å². The second-order valence-corrected chi connectivity index (χ2v) is 3.60. The molecule has 1 aromatic carbocycles. The summed E-state index contributed by atoms with van der Waals surface area (Å²) < 4.78 is 0. The first-order chi connectivity index (χ1) is 8.11. The van der Waals surface area contributed by atoms with Gasteiger partial charge in [0.2, 0.25) is 0 Å². The van der Waals surface area contributed by atoms with Gasteiger partial charge in [0, 0.05) is 5.57 Å². The Bertz CT molecular complexity index is 364. The maximum atomic E-state index is 10.1. The molecule has 0 heterocycles. The molecule has 17 heavy (non-hydrogen) atoms. The lowest BCUT2D eigenvalue weighted by Gasteiger charge is -1.89. The van der Waals surface area contributed by atoms with Crippen LogP contribution in [-0.2, 0) is 4.79 Å². The van der Waals surface area contributed by atoms with Crippen LogP contribution >= 0.6 is 0 Å². The second kappa shape index (κ2) is 9.40. The third-order valence-electron chi connectivity index (χ3n) is 2.11. The summed E-state index contributed by atoms with van der Waals surface area (Å²) >= 11 is 0. The number of carboxylic acids is 1. The molecule has 0 aliphatic heterocycles. The monoisotopic (exact) mass is 232 g/mol. The molecule has 0 fully saturated rings. The van der Waals surface area contributed by atoms with E-state index >= 15 is 0 Å². The molecular formula is C15H20O2. The summed E-state index contributed by atoms with van der Waals surface area (Å²) in [5.74, 6) is -0.816. The van der Waals surface area contributed by atoms with Gasteiger partial charge in [0.05, 0.1) is 0 Å². The van der Waals surface area contributed by atoms with Gasteiger partial charge in [-0.05, 0) is 18.9 Å². The first-order valence-corrected chi connectivity index (χ1v) is 5.69. The van der Waals surface area contributed by atoms with Crippen molar-refractivity contribution >= 4 is 12.0 Å². The Balaban J connectivity index is 0.000000302. The van der Waals surface area contributed by atoms with Crippen LogP contribution in [0.4, 0.5) is 0 Å². The van der Waals surface area contributed by atoms with Crippen LogP contribution in [0.1, 0.15) is 32.3 Å². The van der Waals surface area contributed by atoms with Crippen LogP contribution in [0.2, 0.25) is 0 Å². The second-order valence-electron chi connectivity index (χ2n) is 3.60. The molecule has 1 aromatic rings. The van der Waals surface area contributed by atoms with Crippen LogP contribution in [0.5, 0.6) is 0 Å². The number of aliphatic carboxylic acids is 1. The van der Waals surface area contributed by atoms with Gasteiger partial charge in [0.15, 0.2) is 0 Å². The molecule has 0 saturated carbocycles. The minimum Gasteiger partial charge on any atom is -0.478 e. The SMILES string of the molecule is C=Cc1ccccc1.CCCC=C(C)C(=O)O. The molecule has 0 unspecified atom stereocenters. The highest BCUT2D eigenvalue weighted by Gasteiger charge is 1.95. The van der Waals surface area contributed by atoms with E-state index in [1.54, 1.807) is 13.0 Å². The average Bonchev–Trinajstić information content (AvgIpc) is 2.37. The van der Waals surface area contributed by atoms with Crippen LogP contribution in [0.25, 0.3) is 6.08 Å². The van der Waals surface area contributed by atoms with Crippen molar-refractivity contribution in [2.24, 2.45) is 0 Å². The Morgan fingerprint density at radius 2 is 1.94 bits per heavy atom. The third kappa shape index (κ3) is 8.03. The number of allylic oxidation sites excluding steroid dienone is 1. The Labute approximate surface area is 103 Å². The number of benzene rings is 1. The molecule has 0 amide bonds. The summed E-state index contributed by atoms with van der Waals surface area (Å²) in [6.45, 7) is 7.26. The van der Waals surface area contributed by atoms with Crippen molar-refractivity contribution < 1.29 is 9.90 Å². The molecule has 0 aliphatic carbocycles. The van der Waals surface area contributed by atoms with E-state index in [2.05, 4.69) is 6.58 Å². The van der Waals surface area contributed by atoms with Gasteiger partial charge in [-0.3, -0.25) is 0 Å². The fourth-order valence-corrected chi connectivity index (χ4v) is 1.04. The van der Waals surface area contributed by atoms with Crippen LogP contribution in [0.15, 0.2) is 48.6 Å². The lowest BCUT2D eigenvalue weighted by Crippen LogP contribution is -1.95. The van der Waals surface area contributed by atoms with E-state index in [9.17, 15) is 4.79 Å². The predicted molar refractivity (Wildman–Crippen MR) is 72.8 cm³/mol. The van der Waals surface area contributed by atoms with Gasteiger partial charge in [-0.25, -0.2) is 4.79 Å². The first kappa shape index (κ1) is 15.2. The van der Waals surface area contributed by atoms with Crippen LogP contribution in [-0.4, -0.2) is 11.1 Å². The smallest absolute Gasteiger partial charge is 0.330 e. The lowest BCUT2D eigenvalue weighted by atomic mass is 10.2. The maximum Gasteiger partial charge on any atom is 0.330 e. The lowest BCUT2D eigenvalue weighted by molar-refractivity contribution is -0.132. The average molecular weight is 232 g/mol. The largest absolute Gasteiger partial charge is 0.478 e. The Morgan fingerprint density at radius 1 is 1.35 bits per heavy atom. The van der Waals surface area contributed by atoms with Crippen LogP contribution in [0.3, 0.4) is 0 Å². The Kier molecular flexibility index (Phi) is 8.39. The molecule has 1 rings (SSSR count). The van der Waals surface area contributed by atoms with Gasteiger partial charge in [0.1, 0.15) is 0 Å². The minimum atomic E-state index is -0.816. The molecule has 0 aromatic heterocycles. The van der Waals surface area contributed by atoms with Crippen molar-refractivity contribution in [1.82, 2.24) is 0 Å². The van der Waals surface area contributed by atoms with E-state index in [0.717, 1.165) is 12.8 Å². The van der Waals surface area contributed by atoms with Crippen molar-refractivity contribution in [3.8, 4) is 0 Å². The Hall–Kier alpha value is -1.83. The third-order valence-corrected chi connectivity index (χ3v) is 2.11. The van der Waals surface area contributed by atoms with Crippen LogP contribution in [0, 0.1) is 0 Å². The standard InChI is InChI=1S/C8H8.C7H12O2/c1-2-8-6-4-3-5-7-8;1-3-4-5-6(2)7(8)9/h2-7H,1H2;5H,3-4H2,1-2H3,(H,8,9). The Morgan fingerprint density at radius 3 is 2.29 bits per heavy atom. The zero-order valence-electron chi connectivity index (χ0n) is 10.5. The minimum absolute atomic E-state index is 0.442. The number of hydrogen-bond acceptors (Lipinski definition) is 1. The van der Waals surface area contributed by atoms with E-state index in [1.165, 1.54) is 5.56 Å². The molecule has 0 atom stereocenters. The highest BCUT2D eigenvalue weighted by Crippen LogP contribution is 1.97. The molecule has 2 nitrogen and oxygen atoms in total. The molecule has 0 spiro atoms. The van der Waals surface area contributed by atoms with E-state index in [1.807, 2.05) is 43.3 Å². The molecule has 0 bridgehead atoms. The van der Waals surface area contributed by atoms with Crippen molar-refractivity contribution in [3.05, 3.63) is 54.1 Å². The summed E-state index contributed by atoms with van der Waals surface area (Å²) in [7, 11) is 0. The quantitative estimate of drug-likeness (QED) is 0.792. The van der Waals surface area contributed by atoms with Crippen molar-refractivity contribution in [2.75, 3.05) is 0 Å². The van der Waals surface area contributed by atoms with Crippen LogP contribution < -0.4 is 0 Å². The van der Waals surface area contributed by atoms with Gasteiger partial charge in [-0.2, -0.15) is 0 Å². The van der Waals surface area contributed by atoms with Gasteiger partial charge >= 0.3 is 5.97 Å². The van der Waals surface area contributed by atoms with E-state index < -0.39 is 5.97 Å². The molecule has 1 N–H and O–H groups in total. The number of carbonyl (C=O) groups is 1. The highest BCUT2D eigenvalue weighted by molar-refractivity contribution is 5.85. The van der Waals surface area contributed by atoms with E-state index in [4.69, 9.17) is 5.11 Å². The van der Waals surface area contributed by atoms with Crippen molar-refractivity contribution in [1.29, 1.82) is 0 Å². The highest BCUT2D eigenvalue weighted by atomic mass is 16.4. The first-order valence-electron chi connectivity index (χ1n) is 5.69.